The summed E-state index contributed by atoms with van der Waals surface area (Å²) in [6, 6.07) is 5.77. The molecule has 3 N–H and O–H groups in total. The zero-order valence-corrected chi connectivity index (χ0v) is 10.7. The molecule has 0 spiro atoms. The molecule has 0 saturated heterocycles. The highest BCUT2D eigenvalue weighted by atomic mass is 16.3. The summed E-state index contributed by atoms with van der Waals surface area (Å²) in [4.78, 5) is 4.47. The Balaban J connectivity index is 2.08. The van der Waals surface area contributed by atoms with E-state index in [9.17, 15) is 5.11 Å². The Hall–Kier alpha value is -1.55. The van der Waals surface area contributed by atoms with E-state index in [1.807, 2.05) is 18.2 Å². The van der Waals surface area contributed by atoms with Crippen LogP contribution in [0.25, 0.3) is 11.0 Å². The van der Waals surface area contributed by atoms with E-state index >= 15 is 0 Å². The number of rotatable bonds is 4. The Labute approximate surface area is 106 Å². The molecule has 1 heterocycles. The third-order valence-electron chi connectivity index (χ3n) is 4.19. The van der Waals surface area contributed by atoms with Crippen LogP contribution in [0.5, 0.6) is 0 Å². The summed E-state index contributed by atoms with van der Waals surface area (Å²) in [6.45, 7) is 3.18. The van der Waals surface area contributed by atoms with Crippen molar-refractivity contribution in [2.24, 2.45) is 5.41 Å². The van der Waals surface area contributed by atoms with Crippen LogP contribution in [0.1, 0.15) is 32.0 Å². The number of benzene rings is 1. The van der Waals surface area contributed by atoms with Crippen molar-refractivity contribution in [1.29, 1.82) is 0 Å². The van der Waals surface area contributed by atoms with E-state index in [0.29, 0.717) is 11.1 Å². The van der Waals surface area contributed by atoms with E-state index in [2.05, 4.69) is 16.5 Å². The third-order valence-corrected chi connectivity index (χ3v) is 4.19. The molecule has 1 aliphatic rings. The van der Waals surface area contributed by atoms with E-state index in [-0.39, 0.29) is 6.61 Å². The number of aromatic nitrogens is 2. The number of anilines is 1. The Morgan fingerprint density at radius 1 is 1.44 bits per heavy atom. The van der Waals surface area contributed by atoms with E-state index in [1.165, 1.54) is 19.3 Å². The lowest BCUT2D eigenvalue weighted by Gasteiger charge is -2.15. The minimum Gasteiger partial charge on any atom is -0.399 e. The molecule has 0 bridgehead atoms. The van der Waals surface area contributed by atoms with Crippen LogP contribution >= 0.6 is 0 Å². The number of fused-ring (bicyclic) bond motifs is 1. The van der Waals surface area contributed by atoms with Gasteiger partial charge in [0.1, 0.15) is 12.4 Å². The van der Waals surface area contributed by atoms with Crippen LogP contribution in [0.3, 0.4) is 0 Å². The van der Waals surface area contributed by atoms with Gasteiger partial charge in [-0.2, -0.15) is 0 Å². The normalized spacial score (nSPS) is 17.2. The summed E-state index contributed by atoms with van der Waals surface area (Å²) >= 11 is 0. The van der Waals surface area contributed by atoms with Crippen LogP contribution in [-0.4, -0.2) is 14.7 Å². The maximum Gasteiger partial charge on any atom is 0.135 e. The van der Waals surface area contributed by atoms with Gasteiger partial charge in [-0.25, -0.2) is 4.98 Å². The number of nitrogens with zero attached hydrogens (tertiary/aromatic N) is 2. The molecule has 1 aromatic carbocycles. The number of imidazole rings is 1. The molecule has 18 heavy (non-hydrogen) atoms. The zero-order valence-electron chi connectivity index (χ0n) is 10.7. The molecule has 4 heteroatoms. The largest absolute Gasteiger partial charge is 0.399 e. The predicted molar refractivity (Wildman–Crippen MR) is 72.0 cm³/mol. The van der Waals surface area contributed by atoms with Gasteiger partial charge in [0.05, 0.1) is 11.0 Å². The van der Waals surface area contributed by atoms with E-state index < -0.39 is 0 Å². The lowest BCUT2D eigenvalue weighted by Crippen LogP contribution is -2.13. The van der Waals surface area contributed by atoms with Gasteiger partial charge < -0.3 is 15.4 Å². The van der Waals surface area contributed by atoms with Gasteiger partial charge in [0.15, 0.2) is 0 Å². The zero-order chi connectivity index (χ0) is 12.8. The first-order valence-electron chi connectivity index (χ1n) is 6.53. The topological polar surface area (TPSA) is 64.1 Å². The quantitative estimate of drug-likeness (QED) is 0.812. The van der Waals surface area contributed by atoms with Gasteiger partial charge in [-0.3, -0.25) is 0 Å². The second-order valence-corrected chi connectivity index (χ2v) is 5.37. The molecule has 96 valence electrons. The molecule has 1 aromatic heterocycles. The summed E-state index contributed by atoms with van der Waals surface area (Å²) < 4.78 is 2.16. The number of nitrogen functional groups attached to an aromatic ring is 1. The van der Waals surface area contributed by atoms with Crippen molar-refractivity contribution in [2.75, 3.05) is 5.73 Å². The standard InChI is InChI=1S/C14H19N3O/c1-2-14(5-6-14)9-17-12-4-3-10(15)7-11(12)16-13(17)8-18/h3-4,7,18H,2,5-6,8-9,15H2,1H3. The molecular formula is C14H19N3O. The average molecular weight is 245 g/mol. The summed E-state index contributed by atoms with van der Waals surface area (Å²) in [7, 11) is 0. The van der Waals surface area contributed by atoms with Gasteiger partial charge in [0, 0.05) is 12.2 Å². The van der Waals surface area contributed by atoms with Gasteiger partial charge in [0.25, 0.3) is 0 Å². The summed E-state index contributed by atoms with van der Waals surface area (Å²) in [5.41, 5.74) is 8.88. The minimum atomic E-state index is -0.0195. The summed E-state index contributed by atoms with van der Waals surface area (Å²) in [5.74, 6) is 0.746. The molecule has 1 aliphatic carbocycles. The minimum absolute atomic E-state index is 0.0195. The van der Waals surface area contributed by atoms with Gasteiger partial charge >= 0.3 is 0 Å². The molecule has 0 atom stereocenters. The van der Waals surface area contributed by atoms with Crippen LogP contribution in [0, 0.1) is 5.41 Å². The molecule has 0 unspecified atom stereocenters. The van der Waals surface area contributed by atoms with Crippen LogP contribution in [0.2, 0.25) is 0 Å². The Morgan fingerprint density at radius 3 is 2.83 bits per heavy atom. The first-order valence-corrected chi connectivity index (χ1v) is 6.53. The highest BCUT2D eigenvalue weighted by Gasteiger charge is 2.41. The SMILES string of the molecule is CCC1(Cn2c(CO)nc3cc(N)ccc32)CC1. The molecule has 0 amide bonds. The van der Waals surface area contributed by atoms with E-state index in [0.717, 1.165) is 23.4 Å². The van der Waals surface area contributed by atoms with Crippen LogP contribution in [-0.2, 0) is 13.2 Å². The van der Waals surface area contributed by atoms with Crippen molar-refractivity contribution in [3.05, 3.63) is 24.0 Å². The van der Waals surface area contributed by atoms with Crippen molar-refractivity contribution >= 4 is 16.7 Å². The van der Waals surface area contributed by atoms with Crippen molar-refractivity contribution in [2.45, 2.75) is 39.3 Å². The lowest BCUT2D eigenvalue weighted by atomic mass is 10.0. The number of aliphatic hydroxyl groups excluding tert-OH is 1. The van der Waals surface area contributed by atoms with Crippen LogP contribution in [0.4, 0.5) is 5.69 Å². The van der Waals surface area contributed by atoms with Crippen molar-refractivity contribution in [3.8, 4) is 0 Å². The van der Waals surface area contributed by atoms with Gasteiger partial charge in [-0.1, -0.05) is 6.92 Å². The Bertz CT molecular complexity index is 584. The first-order chi connectivity index (χ1) is 8.67. The third kappa shape index (κ3) is 1.77. The number of aliphatic hydroxyl groups is 1. The predicted octanol–water partition coefficient (Wildman–Crippen LogP) is 2.30. The second-order valence-electron chi connectivity index (χ2n) is 5.37. The van der Waals surface area contributed by atoms with Crippen LogP contribution < -0.4 is 5.73 Å². The van der Waals surface area contributed by atoms with Crippen LogP contribution in [0.15, 0.2) is 18.2 Å². The Kier molecular flexibility index (Phi) is 2.55. The van der Waals surface area contributed by atoms with Gasteiger partial charge in [0.2, 0.25) is 0 Å². The monoisotopic (exact) mass is 245 g/mol. The highest BCUT2D eigenvalue weighted by molar-refractivity contribution is 5.79. The Morgan fingerprint density at radius 2 is 2.22 bits per heavy atom. The number of hydrogen-bond donors (Lipinski definition) is 2. The summed E-state index contributed by atoms with van der Waals surface area (Å²) in [6.07, 6.45) is 3.75. The number of hydrogen-bond acceptors (Lipinski definition) is 3. The number of nitrogens with two attached hydrogens (primary N) is 1. The van der Waals surface area contributed by atoms with E-state index in [4.69, 9.17) is 5.73 Å². The fourth-order valence-corrected chi connectivity index (χ4v) is 2.63. The first kappa shape index (κ1) is 11.5. The lowest BCUT2D eigenvalue weighted by molar-refractivity contribution is 0.260. The molecule has 4 nitrogen and oxygen atoms in total. The maximum atomic E-state index is 9.46. The van der Waals surface area contributed by atoms with Crippen molar-refractivity contribution in [1.82, 2.24) is 9.55 Å². The van der Waals surface area contributed by atoms with Crippen molar-refractivity contribution in [3.63, 3.8) is 0 Å². The van der Waals surface area contributed by atoms with E-state index in [1.54, 1.807) is 0 Å². The maximum absolute atomic E-state index is 9.46. The molecule has 3 rings (SSSR count). The van der Waals surface area contributed by atoms with Gasteiger partial charge in [-0.05, 0) is 42.9 Å². The summed E-state index contributed by atoms with van der Waals surface area (Å²) in [5, 5.41) is 9.46. The molecule has 2 aromatic rings. The molecule has 1 fully saturated rings. The van der Waals surface area contributed by atoms with Crippen molar-refractivity contribution < 1.29 is 5.11 Å². The molecule has 0 aliphatic heterocycles. The second kappa shape index (κ2) is 3.99. The molecular weight excluding hydrogens is 226 g/mol. The molecule has 0 radical (unpaired) electrons. The average Bonchev–Trinajstić information content (AvgIpc) is 3.07. The molecule has 1 saturated carbocycles. The van der Waals surface area contributed by atoms with Gasteiger partial charge in [-0.15, -0.1) is 0 Å². The smallest absolute Gasteiger partial charge is 0.135 e. The fraction of sp³-hybridized carbons (Fsp3) is 0.500. The fourth-order valence-electron chi connectivity index (χ4n) is 2.63. The highest BCUT2D eigenvalue weighted by Crippen LogP contribution is 2.50.